The average Bonchev–Trinajstić information content (AvgIpc) is 2.34. The van der Waals surface area contributed by atoms with E-state index in [0.717, 1.165) is 6.42 Å². The van der Waals surface area contributed by atoms with Crippen LogP contribution in [0.25, 0.3) is 0 Å². The fourth-order valence-corrected chi connectivity index (χ4v) is 2.16. The lowest BCUT2D eigenvalue weighted by molar-refractivity contribution is -0.137. The zero-order valence-corrected chi connectivity index (χ0v) is 5.65. The summed E-state index contributed by atoms with van der Waals surface area (Å²) in [5.41, 5.74) is 0.236. The molecule has 2 fully saturated rings. The Kier molecular flexibility index (Phi) is 0.961. The zero-order valence-electron chi connectivity index (χ0n) is 5.65. The fourth-order valence-electron chi connectivity index (χ4n) is 2.16. The number of carbonyl (C=O) groups excluding carboxylic acids is 1. The molecule has 1 spiro atoms. The minimum Gasteiger partial charge on any atom is -0.299 e. The van der Waals surface area contributed by atoms with Crippen LogP contribution >= 0.6 is 0 Å². The Morgan fingerprint density at radius 2 is 1.78 bits per heavy atom. The van der Waals surface area contributed by atoms with Gasteiger partial charge in [-0.05, 0) is 19.3 Å². The van der Waals surface area contributed by atoms with Crippen LogP contribution in [0.15, 0.2) is 0 Å². The highest BCUT2D eigenvalue weighted by molar-refractivity contribution is 5.90. The van der Waals surface area contributed by atoms with Gasteiger partial charge in [0.25, 0.3) is 0 Å². The predicted molar refractivity (Wildman–Crippen MR) is 35.1 cm³/mol. The first-order chi connectivity index (χ1) is 4.33. The van der Waals surface area contributed by atoms with Gasteiger partial charge in [0.1, 0.15) is 5.78 Å². The van der Waals surface area contributed by atoms with Gasteiger partial charge in [-0.1, -0.05) is 12.8 Å². The second-order valence-corrected chi connectivity index (χ2v) is 3.41. The normalized spacial score (nSPS) is 30.9. The van der Waals surface area contributed by atoms with Crippen molar-refractivity contribution in [1.29, 1.82) is 0 Å². The second kappa shape index (κ2) is 1.59. The maximum atomic E-state index is 11.1. The molecule has 0 unspecified atom stereocenters. The van der Waals surface area contributed by atoms with Gasteiger partial charge in [-0.2, -0.15) is 0 Å². The Morgan fingerprint density at radius 1 is 1.11 bits per heavy atom. The maximum absolute atomic E-state index is 11.1. The molecular weight excluding hydrogens is 112 g/mol. The monoisotopic (exact) mass is 124 g/mol. The van der Waals surface area contributed by atoms with Crippen molar-refractivity contribution in [2.45, 2.75) is 38.5 Å². The number of hydrogen-bond acceptors (Lipinski definition) is 1. The van der Waals surface area contributed by atoms with Crippen LogP contribution < -0.4 is 0 Å². The van der Waals surface area contributed by atoms with Crippen LogP contribution in [0.5, 0.6) is 0 Å². The fraction of sp³-hybridized carbons (Fsp3) is 0.875. The summed E-state index contributed by atoms with van der Waals surface area (Å²) in [5, 5.41) is 0. The van der Waals surface area contributed by atoms with E-state index in [4.69, 9.17) is 0 Å². The third-order valence-electron chi connectivity index (χ3n) is 2.98. The Balaban J connectivity index is 2.14. The van der Waals surface area contributed by atoms with Crippen LogP contribution in [0.2, 0.25) is 0 Å². The van der Waals surface area contributed by atoms with E-state index in [1.165, 1.54) is 32.1 Å². The van der Waals surface area contributed by atoms with Crippen molar-refractivity contribution < 1.29 is 4.79 Å². The van der Waals surface area contributed by atoms with E-state index in [0.29, 0.717) is 5.78 Å². The Labute approximate surface area is 55.4 Å². The molecule has 1 heteroatoms. The molecule has 0 atom stereocenters. The summed E-state index contributed by atoms with van der Waals surface area (Å²) in [5.74, 6) is 0.556. The smallest absolute Gasteiger partial charge is 0.139 e. The summed E-state index contributed by atoms with van der Waals surface area (Å²) in [4.78, 5) is 11.1. The van der Waals surface area contributed by atoms with Crippen molar-refractivity contribution in [3.05, 3.63) is 0 Å². The van der Waals surface area contributed by atoms with Gasteiger partial charge in [-0.15, -0.1) is 0 Å². The molecule has 9 heavy (non-hydrogen) atoms. The van der Waals surface area contributed by atoms with Crippen LogP contribution in [0, 0.1) is 5.41 Å². The van der Waals surface area contributed by atoms with E-state index in [2.05, 4.69) is 0 Å². The Morgan fingerprint density at radius 3 is 2.00 bits per heavy atom. The molecule has 0 aromatic rings. The van der Waals surface area contributed by atoms with E-state index in [9.17, 15) is 4.79 Å². The Bertz CT molecular complexity index is 143. The highest BCUT2D eigenvalue weighted by Crippen LogP contribution is 2.50. The van der Waals surface area contributed by atoms with E-state index in [1.807, 2.05) is 0 Å². The number of rotatable bonds is 0. The lowest BCUT2D eigenvalue weighted by Gasteiger charge is -2.35. The molecule has 0 saturated heterocycles. The van der Waals surface area contributed by atoms with Gasteiger partial charge in [0.2, 0.25) is 0 Å². The zero-order chi connectivity index (χ0) is 6.32. The van der Waals surface area contributed by atoms with E-state index in [1.54, 1.807) is 0 Å². The number of ketones is 1. The summed E-state index contributed by atoms with van der Waals surface area (Å²) in [6, 6.07) is 0. The standard InChI is InChI=1S/C8H12O/c9-7-3-6-8(7)4-1-2-5-8/h1-6H2. The Hall–Kier alpha value is -0.330. The number of Topliss-reactive ketones (excluding diaryl/α,β-unsaturated/α-hetero) is 1. The largest absolute Gasteiger partial charge is 0.299 e. The van der Waals surface area contributed by atoms with Gasteiger partial charge in [0, 0.05) is 11.8 Å². The summed E-state index contributed by atoms with van der Waals surface area (Å²) in [6.45, 7) is 0. The predicted octanol–water partition coefficient (Wildman–Crippen LogP) is 1.91. The molecule has 0 heterocycles. The molecule has 0 radical (unpaired) electrons. The van der Waals surface area contributed by atoms with Crippen LogP contribution in [0.1, 0.15) is 38.5 Å². The van der Waals surface area contributed by atoms with E-state index >= 15 is 0 Å². The van der Waals surface area contributed by atoms with Gasteiger partial charge in [0.15, 0.2) is 0 Å². The quantitative estimate of drug-likeness (QED) is 0.482. The number of carbonyl (C=O) groups is 1. The molecule has 2 aliphatic carbocycles. The molecule has 2 saturated carbocycles. The summed E-state index contributed by atoms with van der Waals surface area (Å²) >= 11 is 0. The maximum Gasteiger partial charge on any atom is 0.139 e. The highest BCUT2D eigenvalue weighted by Gasteiger charge is 2.46. The molecule has 0 amide bonds. The second-order valence-electron chi connectivity index (χ2n) is 3.41. The van der Waals surface area contributed by atoms with Crippen molar-refractivity contribution in [1.82, 2.24) is 0 Å². The van der Waals surface area contributed by atoms with Crippen molar-refractivity contribution in [3.8, 4) is 0 Å². The van der Waals surface area contributed by atoms with Crippen LogP contribution in [0.3, 0.4) is 0 Å². The molecule has 0 aromatic heterocycles. The molecule has 0 N–H and O–H groups in total. The van der Waals surface area contributed by atoms with Crippen LogP contribution in [0.4, 0.5) is 0 Å². The van der Waals surface area contributed by atoms with Crippen LogP contribution in [-0.2, 0) is 4.79 Å². The van der Waals surface area contributed by atoms with E-state index < -0.39 is 0 Å². The lowest BCUT2D eigenvalue weighted by atomic mass is 9.66. The lowest BCUT2D eigenvalue weighted by Crippen LogP contribution is -2.37. The number of hydrogen-bond donors (Lipinski definition) is 0. The molecule has 1 nitrogen and oxygen atoms in total. The average molecular weight is 124 g/mol. The first-order valence-corrected chi connectivity index (χ1v) is 3.87. The van der Waals surface area contributed by atoms with Gasteiger partial charge in [0.05, 0.1) is 0 Å². The minimum absolute atomic E-state index is 0.236. The summed E-state index contributed by atoms with van der Waals surface area (Å²) in [6.07, 6.45) is 7.07. The first kappa shape index (κ1) is 5.45. The molecular formula is C8H12O. The SMILES string of the molecule is O=C1CCC12CCCC2. The minimum atomic E-state index is 0.236. The van der Waals surface area contributed by atoms with Crippen molar-refractivity contribution in [2.75, 3.05) is 0 Å². The van der Waals surface area contributed by atoms with Gasteiger partial charge >= 0.3 is 0 Å². The van der Waals surface area contributed by atoms with Crippen LogP contribution in [-0.4, -0.2) is 5.78 Å². The molecule has 2 rings (SSSR count). The third-order valence-corrected chi connectivity index (χ3v) is 2.98. The first-order valence-electron chi connectivity index (χ1n) is 3.87. The molecule has 0 aliphatic heterocycles. The molecule has 2 aliphatic rings. The third kappa shape index (κ3) is 0.577. The highest BCUT2D eigenvalue weighted by atomic mass is 16.1. The summed E-state index contributed by atoms with van der Waals surface area (Å²) < 4.78 is 0. The topological polar surface area (TPSA) is 17.1 Å². The van der Waals surface area contributed by atoms with Gasteiger partial charge < -0.3 is 0 Å². The van der Waals surface area contributed by atoms with Crippen molar-refractivity contribution in [3.63, 3.8) is 0 Å². The van der Waals surface area contributed by atoms with Crippen molar-refractivity contribution in [2.24, 2.45) is 5.41 Å². The van der Waals surface area contributed by atoms with Gasteiger partial charge in [-0.3, -0.25) is 4.79 Å². The van der Waals surface area contributed by atoms with Crippen molar-refractivity contribution >= 4 is 5.78 Å². The molecule has 0 bridgehead atoms. The van der Waals surface area contributed by atoms with E-state index in [-0.39, 0.29) is 5.41 Å². The summed E-state index contributed by atoms with van der Waals surface area (Å²) in [7, 11) is 0. The van der Waals surface area contributed by atoms with Gasteiger partial charge in [-0.25, -0.2) is 0 Å². The molecule has 0 aromatic carbocycles. The molecule has 50 valence electrons.